The maximum Gasteiger partial charge on any atom is 0.518 e. The van der Waals surface area contributed by atoms with E-state index >= 15 is 0 Å². The van der Waals surface area contributed by atoms with Crippen LogP contribution in [-0.4, -0.2) is 34.3 Å². The molecule has 0 bridgehead atoms. The zero-order chi connectivity index (χ0) is 15.6. The lowest BCUT2D eigenvalue weighted by molar-refractivity contribution is 0.0571. The van der Waals surface area contributed by atoms with E-state index in [1.165, 1.54) is 5.56 Å². The lowest BCUT2D eigenvalue weighted by atomic mass is 10.2. The van der Waals surface area contributed by atoms with Gasteiger partial charge in [-0.05, 0) is 32.8 Å². The van der Waals surface area contributed by atoms with E-state index in [1.54, 1.807) is 0 Å². The van der Waals surface area contributed by atoms with Crippen molar-refractivity contribution in [2.24, 2.45) is 0 Å². The van der Waals surface area contributed by atoms with Gasteiger partial charge in [-0.2, -0.15) is 0 Å². The van der Waals surface area contributed by atoms with Gasteiger partial charge in [-0.3, -0.25) is 0 Å². The lowest BCUT2D eigenvalue weighted by Crippen LogP contribution is -2.61. The highest BCUT2D eigenvalue weighted by Gasteiger charge is 2.48. The molecule has 0 aliphatic heterocycles. The summed E-state index contributed by atoms with van der Waals surface area (Å²) in [4.78, 5) is 0. The zero-order valence-electron chi connectivity index (χ0n) is 13.7. The van der Waals surface area contributed by atoms with Crippen LogP contribution in [0.5, 0.6) is 0 Å². The fraction of sp³-hybridized carbons (Fsp3) is 0.625. The molecule has 0 aliphatic rings. The van der Waals surface area contributed by atoms with Crippen molar-refractivity contribution >= 4 is 8.80 Å². The van der Waals surface area contributed by atoms with E-state index in [4.69, 9.17) is 13.3 Å². The first kappa shape index (κ1) is 18.3. The second-order valence-corrected chi connectivity index (χ2v) is 7.50. The van der Waals surface area contributed by atoms with Gasteiger partial charge in [0.05, 0.1) is 5.67 Å². The molecule has 0 aromatic heterocycles. The predicted octanol–water partition coefficient (Wildman–Crippen LogP) is 3.14. The Hall–Kier alpha value is -0.723. The molecule has 1 aromatic rings. The van der Waals surface area contributed by atoms with E-state index in [0.29, 0.717) is 19.8 Å². The summed E-state index contributed by atoms with van der Waals surface area (Å²) in [5.74, 6) is 0. The molecule has 1 N–H and O–H groups in total. The summed E-state index contributed by atoms with van der Waals surface area (Å²) < 4.78 is 18.0. The highest BCUT2D eigenvalue weighted by molar-refractivity contribution is 6.62. The topological polar surface area (TPSA) is 39.7 Å². The molecule has 1 unspecified atom stereocenters. The van der Waals surface area contributed by atoms with E-state index < -0.39 is 8.80 Å². The van der Waals surface area contributed by atoms with Gasteiger partial charge in [0.2, 0.25) is 0 Å². The normalized spacial score (nSPS) is 13.3. The van der Waals surface area contributed by atoms with Gasteiger partial charge in [-0.25, -0.2) is 0 Å². The van der Waals surface area contributed by atoms with Gasteiger partial charge in [0.15, 0.2) is 0 Å². The smallest absolute Gasteiger partial charge is 0.373 e. The van der Waals surface area contributed by atoms with E-state index in [1.807, 2.05) is 26.8 Å². The fourth-order valence-corrected chi connectivity index (χ4v) is 5.30. The molecule has 1 aromatic carbocycles. The maximum absolute atomic E-state index is 5.98. The third-order valence-electron chi connectivity index (χ3n) is 3.27. The van der Waals surface area contributed by atoms with E-state index in [9.17, 15) is 0 Å². The number of benzene rings is 1. The maximum atomic E-state index is 5.98. The molecule has 0 radical (unpaired) electrons. The average molecular weight is 311 g/mol. The molecule has 0 fully saturated rings. The molecule has 5 heteroatoms. The Kier molecular flexibility index (Phi) is 8.80. The van der Waals surface area contributed by atoms with Crippen LogP contribution in [0, 0.1) is 0 Å². The Morgan fingerprint density at radius 2 is 1.43 bits per heavy atom. The molecular weight excluding hydrogens is 282 g/mol. The average Bonchev–Trinajstić information content (AvgIpc) is 2.49. The van der Waals surface area contributed by atoms with E-state index in [0.717, 1.165) is 13.0 Å². The van der Waals surface area contributed by atoms with Crippen molar-refractivity contribution in [2.45, 2.75) is 46.3 Å². The van der Waals surface area contributed by atoms with Gasteiger partial charge in [-0.15, -0.1) is 0 Å². The molecule has 0 amide bonds. The predicted molar refractivity (Wildman–Crippen MR) is 88.0 cm³/mol. The van der Waals surface area contributed by atoms with Crippen molar-refractivity contribution < 1.29 is 13.3 Å². The minimum atomic E-state index is -2.69. The summed E-state index contributed by atoms with van der Waals surface area (Å²) in [5, 5.41) is 3.57. The van der Waals surface area contributed by atoms with Gasteiger partial charge in [0.1, 0.15) is 0 Å². The Morgan fingerprint density at radius 3 is 1.86 bits per heavy atom. The number of rotatable bonds is 11. The van der Waals surface area contributed by atoms with Crippen LogP contribution >= 0.6 is 0 Å². The van der Waals surface area contributed by atoms with Crippen LogP contribution < -0.4 is 5.32 Å². The van der Waals surface area contributed by atoms with Crippen LogP contribution in [0.15, 0.2) is 30.3 Å². The third-order valence-corrected chi connectivity index (χ3v) is 6.81. The van der Waals surface area contributed by atoms with Crippen LogP contribution in [0.3, 0.4) is 0 Å². The molecule has 1 atom stereocenters. The van der Waals surface area contributed by atoms with Gasteiger partial charge in [-0.1, -0.05) is 37.3 Å². The van der Waals surface area contributed by atoms with E-state index in [2.05, 4.69) is 36.5 Å². The third kappa shape index (κ3) is 5.52. The van der Waals surface area contributed by atoms with Crippen LogP contribution in [0.2, 0.25) is 0 Å². The SMILES string of the molecule is CCO[Si](OCC)(OCC)C(CC)NCc1ccccc1. The Bertz CT molecular complexity index is 358. The molecule has 120 valence electrons. The van der Waals surface area contributed by atoms with Crippen LogP contribution in [0.25, 0.3) is 0 Å². The molecule has 0 saturated heterocycles. The molecule has 0 heterocycles. The molecule has 0 aliphatic carbocycles. The second kappa shape index (κ2) is 10.1. The summed E-state index contributed by atoms with van der Waals surface area (Å²) in [6, 6.07) is 10.4. The molecule has 21 heavy (non-hydrogen) atoms. The van der Waals surface area contributed by atoms with Crippen molar-refractivity contribution in [3.05, 3.63) is 35.9 Å². The first-order valence-electron chi connectivity index (χ1n) is 7.91. The molecule has 1 rings (SSSR count). The highest BCUT2D eigenvalue weighted by atomic mass is 28.4. The van der Waals surface area contributed by atoms with Gasteiger partial charge < -0.3 is 18.6 Å². The standard InChI is InChI=1S/C16H29NO3Si/c1-5-16(17-14-15-12-10-9-11-13-15)21(18-6-2,19-7-3)20-8-4/h9-13,16-17H,5-8,14H2,1-4H3. The second-order valence-electron chi connectivity index (χ2n) is 4.73. The van der Waals surface area contributed by atoms with Crippen LogP contribution in [0.4, 0.5) is 0 Å². The molecular formula is C16H29NO3Si. The van der Waals surface area contributed by atoms with Crippen molar-refractivity contribution in [3.63, 3.8) is 0 Å². The van der Waals surface area contributed by atoms with Gasteiger partial charge >= 0.3 is 8.80 Å². The minimum absolute atomic E-state index is 0.109. The minimum Gasteiger partial charge on any atom is -0.373 e. The number of hydrogen-bond donors (Lipinski definition) is 1. The Labute approximate surface area is 130 Å². The fourth-order valence-electron chi connectivity index (χ4n) is 2.39. The molecule has 0 spiro atoms. The monoisotopic (exact) mass is 311 g/mol. The van der Waals surface area contributed by atoms with Crippen molar-refractivity contribution in [1.82, 2.24) is 5.32 Å². The molecule has 0 saturated carbocycles. The summed E-state index contributed by atoms with van der Waals surface area (Å²) in [5.41, 5.74) is 1.36. The largest absolute Gasteiger partial charge is 0.518 e. The van der Waals surface area contributed by atoms with Crippen molar-refractivity contribution in [1.29, 1.82) is 0 Å². The number of hydrogen-bond acceptors (Lipinski definition) is 4. The van der Waals surface area contributed by atoms with Gasteiger partial charge in [0, 0.05) is 26.4 Å². The number of nitrogens with one attached hydrogen (secondary N) is 1. The summed E-state index contributed by atoms with van der Waals surface area (Å²) in [6.45, 7) is 10.7. The Morgan fingerprint density at radius 1 is 0.905 bits per heavy atom. The zero-order valence-corrected chi connectivity index (χ0v) is 14.7. The van der Waals surface area contributed by atoms with Crippen molar-refractivity contribution in [3.8, 4) is 0 Å². The van der Waals surface area contributed by atoms with Crippen molar-refractivity contribution in [2.75, 3.05) is 19.8 Å². The first-order valence-corrected chi connectivity index (χ1v) is 9.71. The lowest BCUT2D eigenvalue weighted by Gasteiger charge is -2.35. The first-order chi connectivity index (χ1) is 10.2. The van der Waals surface area contributed by atoms with Crippen LogP contribution in [-0.2, 0) is 19.8 Å². The summed E-state index contributed by atoms with van der Waals surface area (Å²) >= 11 is 0. The summed E-state index contributed by atoms with van der Waals surface area (Å²) in [6.07, 6.45) is 0.916. The van der Waals surface area contributed by atoms with E-state index in [-0.39, 0.29) is 5.67 Å². The molecule has 4 nitrogen and oxygen atoms in total. The van der Waals surface area contributed by atoms with Crippen LogP contribution in [0.1, 0.15) is 39.7 Å². The quantitative estimate of drug-likeness (QED) is 0.637. The van der Waals surface area contributed by atoms with Gasteiger partial charge in [0.25, 0.3) is 0 Å². The highest BCUT2D eigenvalue weighted by Crippen LogP contribution is 2.18. The summed E-state index contributed by atoms with van der Waals surface area (Å²) in [7, 11) is -2.69. The Balaban J connectivity index is 2.79.